The number of nitrogens with zero attached hydrogens (tertiary/aromatic N) is 8. The van der Waals surface area contributed by atoms with E-state index in [0.717, 1.165) is 54.5 Å². The molecule has 6 rings (SSSR count). The lowest BCUT2D eigenvalue weighted by molar-refractivity contribution is -0.141. The number of likely N-dealkylation sites (N-methyl/N-ethyl adjacent to an activating group) is 1. The molecule has 3 aliphatic rings. The van der Waals surface area contributed by atoms with Crippen LogP contribution in [0.5, 0.6) is 0 Å². The number of aryl methyl sites for hydroxylation is 1. The predicted molar refractivity (Wildman–Crippen MR) is 125 cm³/mol. The second-order valence-corrected chi connectivity index (χ2v) is 9.64. The minimum Gasteiger partial charge on any atom is -0.350 e. The van der Waals surface area contributed by atoms with E-state index in [1.54, 1.807) is 22.0 Å². The zero-order valence-corrected chi connectivity index (χ0v) is 20.0. The molecule has 36 heavy (non-hydrogen) atoms. The van der Waals surface area contributed by atoms with E-state index in [1.807, 2.05) is 18.9 Å². The maximum atomic E-state index is 13.2. The fourth-order valence-electron chi connectivity index (χ4n) is 4.83. The van der Waals surface area contributed by atoms with Crippen molar-refractivity contribution >= 4 is 23.4 Å². The van der Waals surface area contributed by atoms with E-state index in [-0.39, 0.29) is 24.5 Å². The van der Waals surface area contributed by atoms with Gasteiger partial charge in [0.15, 0.2) is 11.5 Å². The lowest BCUT2D eigenvalue weighted by Crippen LogP contribution is -2.53. The number of halogens is 3. The fraction of sp³-hybridized carbons (Fsp3) is 0.522. The summed E-state index contributed by atoms with van der Waals surface area (Å²) in [5.41, 5.74) is 2.12. The van der Waals surface area contributed by atoms with Gasteiger partial charge in [-0.3, -0.25) is 14.2 Å². The van der Waals surface area contributed by atoms with Crippen LogP contribution in [0.15, 0.2) is 18.5 Å². The molecule has 0 spiro atoms. The van der Waals surface area contributed by atoms with Gasteiger partial charge in [0.05, 0.1) is 30.2 Å². The van der Waals surface area contributed by atoms with Crippen LogP contribution in [0.3, 0.4) is 0 Å². The molecule has 3 aromatic rings. The molecule has 1 saturated carbocycles. The number of hydrogen-bond acceptors (Lipinski definition) is 7. The van der Waals surface area contributed by atoms with Crippen LogP contribution in [-0.4, -0.2) is 55.1 Å². The van der Waals surface area contributed by atoms with Crippen LogP contribution in [0.4, 0.5) is 30.6 Å². The molecule has 5 heterocycles. The molecule has 1 fully saturated rings. The maximum Gasteiger partial charge on any atom is 0.435 e. The summed E-state index contributed by atoms with van der Waals surface area (Å²) in [7, 11) is 1.86. The molecular weight excluding hydrogens is 475 g/mol. The van der Waals surface area contributed by atoms with Crippen molar-refractivity contribution in [3.05, 3.63) is 41.1 Å². The Hall–Kier alpha value is -3.64. The number of carbonyl (C=O) groups is 1. The third-order valence-corrected chi connectivity index (χ3v) is 7.00. The largest absolute Gasteiger partial charge is 0.435 e. The molecule has 2 aliphatic heterocycles. The Kier molecular flexibility index (Phi) is 5.20. The van der Waals surface area contributed by atoms with Crippen molar-refractivity contribution in [2.45, 2.75) is 64.0 Å². The van der Waals surface area contributed by atoms with Crippen LogP contribution >= 0.6 is 0 Å². The third-order valence-electron chi connectivity index (χ3n) is 7.00. The highest BCUT2D eigenvalue weighted by atomic mass is 19.4. The normalized spacial score (nSPS) is 19.6. The summed E-state index contributed by atoms with van der Waals surface area (Å²) in [6, 6.07) is 0.837. The fourth-order valence-corrected chi connectivity index (χ4v) is 4.83. The molecule has 0 radical (unpaired) electrons. The minimum atomic E-state index is -4.47. The first kappa shape index (κ1) is 22.8. The molecule has 13 heteroatoms. The quantitative estimate of drug-likeness (QED) is 0.555. The van der Waals surface area contributed by atoms with Gasteiger partial charge in [-0.1, -0.05) is 0 Å². The summed E-state index contributed by atoms with van der Waals surface area (Å²) in [4.78, 5) is 25.7. The number of alkyl halides is 3. The highest BCUT2D eigenvalue weighted by Crippen LogP contribution is 2.40. The Morgan fingerprint density at radius 3 is 2.78 bits per heavy atom. The van der Waals surface area contributed by atoms with Crippen LogP contribution in [0, 0.1) is 0 Å². The smallest absolute Gasteiger partial charge is 0.350 e. The summed E-state index contributed by atoms with van der Waals surface area (Å²) in [6.07, 6.45) is 2.29. The standard InChI is InChI=1S/C23H26F3N9O/c1-13-21(36)34-7-3-4-17-19(34)20(32(13)2)30-22(29-17)27-9-14-10-28-33(11-14)12-16-8-18(23(24,25)26)31-35(16)15-5-6-15/h8,10-11,13,15H,3-7,9,12H2,1-2H3,(H,27,29,30)/t13-/m0/s1. The van der Waals surface area contributed by atoms with Crippen LogP contribution in [0.25, 0.3) is 0 Å². The number of anilines is 3. The topological polar surface area (TPSA) is 97.0 Å². The monoisotopic (exact) mass is 501 g/mol. The second-order valence-electron chi connectivity index (χ2n) is 9.64. The highest BCUT2D eigenvalue weighted by molar-refractivity contribution is 6.05. The summed E-state index contributed by atoms with van der Waals surface area (Å²) in [6.45, 7) is 3.15. The lowest BCUT2D eigenvalue weighted by atomic mass is 10.0. The van der Waals surface area contributed by atoms with Gasteiger partial charge in [0.1, 0.15) is 11.7 Å². The molecule has 0 saturated heterocycles. The van der Waals surface area contributed by atoms with Crippen molar-refractivity contribution in [1.82, 2.24) is 29.5 Å². The van der Waals surface area contributed by atoms with Gasteiger partial charge in [0, 0.05) is 31.9 Å². The van der Waals surface area contributed by atoms with E-state index in [2.05, 4.69) is 25.5 Å². The summed E-state index contributed by atoms with van der Waals surface area (Å²) in [5.74, 6) is 1.26. The van der Waals surface area contributed by atoms with E-state index in [1.165, 1.54) is 4.68 Å². The Balaban J connectivity index is 1.18. The van der Waals surface area contributed by atoms with Crippen LogP contribution < -0.4 is 15.1 Å². The van der Waals surface area contributed by atoms with E-state index >= 15 is 0 Å². The first-order valence-corrected chi connectivity index (χ1v) is 12.0. The summed E-state index contributed by atoms with van der Waals surface area (Å²) < 4.78 is 42.6. The van der Waals surface area contributed by atoms with Gasteiger partial charge in [-0.15, -0.1) is 0 Å². The Labute approximate surface area is 205 Å². The SMILES string of the molecule is C[C@H]1C(=O)N2CCCc3nc(NCc4cnn(Cc5cc(C(F)(F)F)nn5C5CC5)c4)nc(c32)N1C. The number of aromatic nitrogens is 6. The molecule has 10 nitrogen and oxygen atoms in total. The first-order valence-electron chi connectivity index (χ1n) is 12.0. The van der Waals surface area contributed by atoms with Crippen molar-refractivity contribution in [1.29, 1.82) is 0 Å². The Morgan fingerprint density at radius 2 is 2.03 bits per heavy atom. The van der Waals surface area contributed by atoms with Crippen molar-refractivity contribution in [3.8, 4) is 0 Å². The van der Waals surface area contributed by atoms with Gasteiger partial charge >= 0.3 is 6.18 Å². The number of rotatable bonds is 6. The number of amides is 1. The van der Waals surface area contributed by atoms with Gasteiger partial charge in [-0.2, -0.15) is 28.4 Å². The van der Waals surface area contributed by atoms with Crippen molar-refractivity contribution in [2.24, 2.45) is 0 Å². The van der Waals surface area contributed by atoms with E-state index < -0.39 is 11.9 Å². The molecule has 190 valence electrons. The summed E-state index contributed by atoms with van der Waals surface area (Å²) in [5, 5.41) is 11.4. The van der Waals surface area contributed by atoms with Crippen LogP contribution in [0.2, 0.25) is 0 Å². The van der Waals surface area contributed by atoms with Crippen LogP contribution in [-0.2, 0) is 30.5 Å². The molecule has 1 atom stereocenters. The Bertz CT molecular complexity index is 1330. The molecule has 0 unspecified atom stereocenters. The second kappa shape index (κ2) is 8.20. The molecule has 0 aromatic carbocycles. The van der Waals surface area contributed by atoms with E-state index in [4.69, 9.17) is 0 Å². The van der Waals surface area contributed by atoms with Crippen molar-refractivity contribution in [2.75, 3.05) is 28.7 Å². The van der Waals surface area contributed by atoms with Crippen molar-refractivity contribution < 1.29 is 18.0 Å². The van der Waals surface area contributed by atoms with Crippen LogP contribution in [0.1, 0.15) is 54.9 Å². The number of carbonyl (C=O) groups excluding carboxylic acids is 1. The zero-order valence-electron chi connectivity index (χ0n) is 20.0. The zero-order chi connectivity index (χ0) is 25.2. The van der Waals surface area contributed by atoms with Gasteiger partial charge in [-0.05, 0) is 38.7 Å². The van der Waals surface area contributed by atoms with E-state index in [0.29, 0.717) is 24.7 Å². The van der Waals surface area contributed by atoms with Gasteiger partial charge in [-0.25, -0.2) is 4.98 Å². The highest BCUT2D eigenvalue weighted by Gasteiger charge is 2.39. The Morgan fingerprint density at radius 1 is 1.22 bits per heavy atom. The number of hydrogen-bond donors (Lipinski definition) is 1. The minimum absolute atomic E-state index is 0.0297. The molecule has 3 aromatic heterocycles. The molecule has 1 amide bonds. The lowest BCUT2D eigenvalue weighted by Gasteiger charge is -2.41. The molecular formula is C23H26F3N9O. The first-order chi connectivity index (χ1) is 17.2. The van der Waals surface area contributed by atoms with Gasteiger partial charge < -0.3 is 15.1 Å². The predicted octanol–water partition coefficient (Wildman–Crippen LogP) is 3.00. The average Bonchev–Trinajstić information content (AvgIpc) is 3.44. The third kappa shape index (κ3) is 3.95. The molecule has 1 aliphatic carbocycles. The average molecular weight is 502 g/mol. The van der Waals surface area contributed by atoms with Gasteiger partial charge in [0.25, 0.3) is 0 Å². The van der Waals surface area contributed by atoms with Gasteiger partial charge in [0.2, 0.25) is 11.9 Å². The van der Waals surface area contributed by atoms with E-state index in [9.17, 15) is 18.0 Å². The molecule has 0 bridgehead atoms. The maximum absolute atomic E-state index is 13.2. The number of nitrogens with one attached hydrogen (secondary N) is 1. The van der Waals surface area contributed by atoms with Crippen molar-refractivity contribution in [3.63, 3.8) is 0 Å². The molecule has 1 N–H and O–H groups in total. The summed E-state index contributed by atoms with van der Waals surface area (Å²) >= 11 is 0.